The van der Waals surface area contributed by atoms with E-state index in [0.29, 0.717) is 16.9 Å². The molecule has 2 aromatic carbocycles. The van der Waals surface area contributed by atoms with Gasteiger partial charge in [0.15, 0.2) is 5.65 Å². The van der Waals surface area contributed by atoms with Gasteiger partial charge in [-0.2, -0.15) is 9.61 Å². The highest BCUT2D eigenvalue weighted by atomic mass is 16.2. The van der Waals surface area contributed by atoms with Crippen LogP contribution in [0.5, 0.6) is 0 Å². The van der Waals surface area contributed by atoms with E-state index in [-0.39, 0.29) is 18.4 Å². The minimum Gasteiger partial charge on any atom is -0.343 e. The fourth-order valence-corrected chi connectivity index (χ4v) is 2.66. The number of nitrogens with one attached hydrogen (secondary N) is 2. The van der Waals surface area contributed by atoms with Crippen molar-refractivity contribution in [1.29, 1.82) is 0 Å². The quantitative estimate of drug-likeness (QED) is 0.559. The van der Waals surface area contributed by atoms with Crippen LogP contribution in [-0.4, -0.2) is 38.2 Å². The van der Waals surface area contributed by atoms with E-state index in [9.17, 15) is 9.59 Å². The lowest BCUT2D eigenvalue weighted by Gasteiger charge is -2.08. The van der Waals surface area contributed by atoms with Crippen LogP contribution < -0.4 is 10.6 Å². The van der Waals surface area contributed by atoms with E-state index in [1.165, 1.54) is 6.33 Å². The maximum atomic E-state index is 12.1. The van der Waals surface area contributed by atoms with Gasteiger partial charge < -0.3 is 10.6 Å². The lowest BCUT2D eigenvalue weighted by Crippen LogP contribution is -2.32. The standard InChI is InChI=1S/C20H16N6O2/c27-19(12-21-20(28)15-4-2-1-3-5-15)23-16-8-6-14(7-9-16)17-10-11-18-24-22-13-26(18)25-17/h1-11,13H,12H2,(H,21,28)(H,23,27). The Morgan fingerprint density at radius 3 is 2.50 bits per heavy atom. The number of hydrogen-bond donors (Lipinski definition) is 2. The highest BCUT2D eigenvalue weighted by molar-refractivity contribution is 5.99. The van der Waals surface area contributed by atoms with Gasteiger partial charge in [0.25, 0.3) is 5.91 Å². The normalized spacial score (nSPS) is 10.6. The molecule has 28 heavy (non-hydrogen) atoms. The maximum Gasteiger partial charge on any atom is 0.251 e. The summed E-state index contributed by atoms with van der Waals surface area (Å²) in [7, 11) is 0. The van der Waals surface area contributed by atoms with Crippen LogP contribution in [0.4, 0.5) is 5.69 Å². The number of carbonyl (C=O) groups is 2. The largest absolute Gasteiger partial charge is 0.343 e. The number of fused-ring (bicyclic) bond motifs is 1. The number of rotatable bonds is 5. The second-order valence-electron chi connectivity index (χ2n) is 6.03. The number of anilines is 1. The lowest BCUT2D eigenvalue weighted by molar-refractivity contribution is -0.115. The molecule has 2 aromatic heterocycles. The number of benzene rings is 2. The molecule has 2 heterocycles. The Bertz CT molecular complexity index is 1120. The zero-order valence-corrected chi connectivity index (χ0v) is 14.7. The first-order valence-electron chi connectivity index (χ1n) is 8.60. The first kappa shape index (κ1) is 17.3. The molecule has 0 spiro atoms. The predicted octanol–water partition coefficient (Wildman–Crippen LogP) is 2.16. The van der Waals surface area contributed by atoms with Crippen molar-refractivity contribution in [2.75, 3.05) is 11.9 Å². The van der Waals surface area contributed by atoms with Crippen molar-refractivity contribution in [1.82, 2.24) is 25.1 Å². The number of nitrogens with zero attached hydrogens (tertiary/aromatic N) is 4. The molecule has 0 saturated carbocycles. The van der Waals surface area contributed by atoms with E-state index in [1.807, 2.05) is 30.3 Å². The fourth-order valence-electron chi connectivity index (χ4n) is 2.66. The fraction of sp³-hybridized carbons (Fsp3) is 0.0500. The van der Waals surface area contributed by atoms with Gasteiger partial charge in [0.2, 0.25) is 5.91 Å². The van der Waals surface area contributed by atoms with Crippen molar-refractivity contribution in [3.8, 4) is 11.3 Å². The molecule has 0 unspecified atom stereocenters. The Labute approximate surface area is 160 Å². The molecule has 2 amide bonds. The zero-order valence-electron chi connectivity index (χ0n) is 14.7. The van der Waals surface area contributed by atoms with Crippen LogP contribution in [0.15, 0.2) is 73.1 Å². The number of carbonyl (C=O) groups excluding carboxylic acids is 2. The second kappa shape index (κ2) is 7.67. The number of aromatic nitrogens is 4. The molecule has 2 N–H and O–H groups in total. The van der Waals surface area contributed by atoms with Crippen LogP contribution in [0.3, 0.4) is 0 Å². The third-order valence-electron chi connectivity index (χ3n) is 4.07. The van der Waals surface area contributed by atoms with Gasteiger partial charge in [-0.05, 0) is 36.4 Å². The first-order chi connectivity index (χ1) is 13.7. The molecule has 0 fully saturated rings. The van der Waals surface area contributed by atoms with Crippen molar-refractivity contribution in [2.45, 2.75) is 0 Å². The molecule has 0 aliphatic carbocycles. The highest BCUT2D eigenvalue weighted by Crippen LogP contribution is 2.19. The van der Waals surface area contributed by atoms with Gasteiger partial charge in [-0.3, -0.25) is 9.59 Å². The molecule has 138 valence electrons. The zero-order chi connectivity index (χ0) is 19.3. The van der Waals surface area contributed by atoms with Crippen LogP contribution in [0.1, 0.15) is 10.4 Å². The number of hydrogen-bond acceptors (Lipinski definition) is 5. The van der Waals surface area contributed by atoms with E-state index in [1.54, 1.807) is 40.9 Å². The molecular formula is C20H16N6O2. The predicted molar refractivity (Wildman–Crippen MR) is 104 cm³/mol. The molecule has 0 radical (unpaired) electrons. The van der Waals surface area contributed by atoms with Crippen molar-refractivity contribution in [2.24, 2.45) is 0 Å². The lowest BCUT2D eigenvalue weighted by atomic mass is 10.1. The maximum absolute atomic E-state index is 12.1. The summed E-state index contributed by atoms with van der Waals surface area (Å²) in [6.07, 6.45) is 1.54. The van der Waals surface area contributed by atoms with Gasteiger partial charge in [0, 0.05) is 16.8 Å². The SMILES string of the molecule is O=C(CNC(=O)c1ccccc1)Nc1ccc(-c2ccc3nncn3n2)cc1. The Morgan fingerprint density at radius 1 is 0.929 bits per heavy atom. The van der Waals surface area contributed by atoms with Crippen molar-refractivity contribution in [3.05, 3.63) is 78.6 Å². The summed E-state index contributed by atoms with van der Waals surface area (Å²) >= 11 is 0. The third kappa shape index (κ3) is 3.85. The molecule has 0 saturated heterocycles. The molecule has 4 rings (SSSR count). The minimum atomic E-state index is -0.305. The van der Waals surface area contributed by atoms with Crippen LogP contribution in [0.2, 0.25) is 0 Å². The molecule has 0 aliphatic rings. The molecule has 8 nitrogen and oxygen atoms in total. The molecule has 4 aromatic rings. The summed E-state index contributed by atoms with van der Waals surface area (Å²) in [5.41, 5.74) is 3.47. The van der Waals surface area contributed by atoms with Gasteiger partial charge in [0.1, 0.15) is 6.33 Å². The summed E-state index contributed by atoms with van der Waals surface area (Å²) in [6, 6.07) is 19.7. The average molecular weight is 372 g/mol. The Balaban J connectivity index is 1.36. The van der Waals surface area contributed by atoms with Gasteiger partial charge in [0.05, 0.1) is 12.2 Å². The van der Waals surface area contributed by atoms with Gasteiger partial charge in [-0.25, -0.2) is 0 Å². The Kier molecular flexibility index (Phi) is 4.75. The summed E-state index contributed by atoms with van der Waals surface area (Å²) < 4.78 is 1.60. The molecule has 8 heteroatoms. The molecule has 0 bridgehead atoms. The van der Waals surface area contributed by atoms with Crippen molar-refractivity contribution >= 4 is 23.1 Å². The minimum absolute atomic E-state index is 0.110. The molecular weight excluding hydrogens is 356 g/mol. The van der Waals surface area contributed by atoms with Crippen LogP contribution in [0.25, 0.3) is 16.9 Å². The Hall–Kier alpha value is -4.07. The topological polar surface area (TPSA) is 101 Å². The average Bonchev–Trinajstić information content (AvgIpc) is 3.21. The van der Waals surface area contributed by atoms with Crippen LogP contribution in [-0.2, 0) is 4.79 Å². The summed E-state index contributed by atoms with van der Waals surface area (Å²) in [6.45, 7) is -0.110. The van der Waals surface area contributed by atoms with Crippen molar-refractivity contribution in [3.63, 3.8) is 0 Å². The van der Waals surface area contributed by atoms with Crippen LogP contribution >= 0.6 is 0 Å². The van der Waals surface area contributed by atoms with Crippen molar-refractivity contribution < 1.29 is 9.59 Å². The summed E-state index contributed by atoms with van der Waals surface area (Å²) in [5, 5.41) is 17.5. The smallest absolute Gasteiger partial charge is 0.251 e. The molecule has 0 aliphatic heterocycles. The second-order valence-corrected chi connectivity index (χ2v) is 6.03. The van der Waals surface area contributed by atoms with E-state index >= 15 is 0 Å². The van der Waals surface area contributed by atoms with E-state index in [4.69, 9.17) is 0 Å². The first-order valence-corrected chi connectivity index (χ1v) is 8.60. The van der Waals surface area contributed by atoms with Crippen LogP contribution in [0, 0.1) is 0 Å². The van der Waals surface area contributed by atoms with E-state index in [0.717, 1.165) is 11.3 Å². The summed E-state index contributed by atoms with van der Waals surface area (Å²) in [4.78, 5) is 24.0. The molecule has 0 atom stereocenters. The highest BCUT2D eigenvalue weighted by Gasteiger charge is 2.08. The van der Waals surface area contributed by atoms with E-state index < -0.39 is 0 Å². The van der Waals surface area contributed by atoms with Gasteiger partial charge in [-0.15, -0.1) is 10.2 Å². The summed E-state index contributed by atoms with van der Waals surface area (Å²) in [5.74, 6) is -0.595. The Morgan fingerprint density at radius 2 is 1.71 bits per heavy atom. The third-order valence-corrected chi connectivity index (χ3v) is 4.07. The van der Waals surface area contributed by atoms with Gasteiger partial charge >= 0.3 is 0 Å². The van der Waals surface area contributed by atoms with E-state index in [2.05, 4.69) is 25.9 Å². The van der Waals surface area contributed by atoms with Gasteiger partial charge in [-0.1, -0.05) is 30.3 Å². The number of amides is 2. The monoisotopic (exact) mass is 372 g/mol.